The van der Waals surface area contributed by atoms with E-state index in [-0.39, 0.29) is 6.61 Å². The molecule has 0 aromatic carbocycles. The lowest BCUT2D eigenvalue weighted by atomic mass is 10.2. The molecule has 7 nitrogen and oxygen atoms in total. The first-order valence-electron chi connectivity index (χ1n) is 4.51. The molecular weight excluding hydrogens is 246 g/mol. The van der Waals surface area contributed by atoms with E-state index in [0.717, 1.165) is 19.3 Å². The second-order valence-corrected chi connectivity index (χ2v) is 5.76. The summed E-state index contributed by atoms with van der Waals surface area (Å²) in [5, 5.41) is 0. The van der Waals surface area contributed by atoms with Gasteiger partial charge in [0.1, 0.15) is 0 Å². The zero-order valence-electron chi connectivity index (χ0n) is 8.40. The third-order valence-corrected chi connectivity index (χ3v) is 3.65. The highest BCUT2D eigenvalue weighted by Crippen LogP contribution is 2.57. The van der Waals surface area contributed by atoms with Gasteiger partial charge in [-0.25, -0.2) is 9.13 Å². The van der Waals surface area contributed by atoms with E-state index in [4.69, 9.17) is 14.7 Å². The molecule has 0 aliphatic rings. The van der Waals surface area contributed by atoms with Crippen molar-refractivity contribution in [2.24, 2.45) is 0 Å². The molecule has 0 heterocycles. The molecule has 0 aliphatic carbocycles. The van der Waals surface area contributed by atoms with Crippen LogP contribution in [0.25, 0.3) is 0 Å². The Labute approximate surface area is 88.3 Å². The van der Waals surface area contributed by atoms with Crippen LogP contribution in [0.15, 0.2) is 0 Å². The second-order valence-electron chi connectivity index (χ2n) is 2.93. The Morgan fingerprint density at radius 3 is 2.13 bits per heavy atom. The van der Waals surface area contributed by atoms with Gasteiger partial charge in [-0.1, -0.05) is 26.2 Å². The van der Waals surface area contributed by atoms with Crippen LogP contribution in [0, 0.1) is 0 Å². The number of phosphoric ester groups is 1. The first-order chi connectivity index (χ1) is 6.77. The molecule has 0 radical (unpaired) electrons. The minimum atomic E-state index is -4.99. The molecule has 92 valence electrons. The Morgan fingerprint density at radius 1 is 1.07 bits per heavy atom. The molecule has 9 heteroatoms. The van der Waals surface area contributed by atoms with Crippen LogP contribution >= 0.6 is 15.6 Å². The van der Waals surface area contributed by atoms with E-state index in [1.54, 1.807) is 0 Å². The molecule has 0 saturated carbocycles. The summed E-state index contributed by atoms with van der Waals surface area (Å²) in [5.41, 5.74) is 0. The van der Waals surface area contributed by atoms with Crippen molar-refractivity contribution in [3.05, 3.63) is 0 Å². The summed E-state index contributed by atoms with van der Waals surface area (Å²) in [6.45, 7) is 1.95. The maximum Gasteiger partial charge on any atom is 0.481 e. The van der Waals surface area contributed by atoms with Crippen molar-refractivity contribution in [2.75, 3.05) is 6.61 Å². The number of phosphoric acid groups is 2. The predicted molar refractivity (Wildman–Crippen MR) is 53.0 cm³/mol. The standard InChI is InChI=1S/C6H16O7P2/c1-2-3-4-5-6-12-15(10,11)13-14(7,8)9/h2-6H2,1H3,(H,10,11)(H2,7,8,9). The van der Waals surface area contributed by atoms with Gasteiger partial charge in [-0.3, -0.25) is 4.52 Å². The zero-order chi connectivity index (χ0) is 11.9. The van der Waals surface area contributed by atoms with Gasteiger partial charge in [-0.05, 0) is 6.42 Å². The maximum atomic E-state index is 10.9. The Hall–Kier alpha value is 0.260. The van der Waals surface area contributed by atoms with Crippen molar-refractivity contribution in [3.8, 4) is 0 Å². The molecular formula is C6H16O7P2. The summed E-state index contributed by atoms with van der Waals surface area (Å²) < 4.78 is 29.1. The highest BCUT2D eigenvalue weighted by Gasteiger charge is 2.31. The number of rotatable bonds is 8. The monoisotopic (exact) mass is 262 g/mol. The lowest BCUT2D eigenvalue weighted by Crippen LogP contribution is -1.96. The molecule has 0 rings (SSSR count). The summed E-state index contributed by atoms with van der Waals surface area (Å²) in [6, 6.07) is 0. The van der Waals surface area contributed by atoms with Crippen LogP contribution in [0.4, 0.5) is 0 Å². The summed E-state index contributed by atoms with van der Waals surface area (Å²) in [6.07, 6.45) is 3.35. The molecule has 0 saturated heterocycles. The topological polar surface area (TPSA) is 113 Å². The van der Waals surface area contributed by atoms with Crippen LogP contribution in [0.5, 0.6) is 0 Å². The molecule has 0 aliphatic heterocycles. The zero-order valence-corrected chi connectivity index (χ0v) is 10.2. The third kappa shape index (κ3) is 10.5. The number of hydrogen-bond acceptors (Lipinski definition) is 4. The van der Waals surface area contributed by atoms with Crippen LogP contribution in [0.1, 0.15) is 32.6 Å². The Bertz CT molecular complexity index is 260. The lowest BCUT2D eigenvalue weighted by molar-refractivity contribution is 0.176. The fourth-order valence-corrected chi connectivity index (χ4v) is 2.49. The van der Waals surface area contributed by atoms with Crippen molar-refractivity contribution >= 4 is 15.6 Å². The smallest absolute Gasteiger partial charge is 0.302 e. The minimum Gasteiger partial charge on any atom is -0.302 e. The molecule has 3 N–H and O–H groups in total. The van der Waals surface area contributed by atoms with E-state index in [0.29, 0.717) is 6.42 Å². The average molecular weight is 262 g/mol. The van der Waals surface area contributed by atoms with Gasteiger partial charge in [0, 0.05) is 0 Å². The van der Waals surface area contributed by atoms with E-state index < -0.39 is 15.6 Å². The third-order valence-electron chi connectivity index (χ3n) is 1.46. The largest absolute Gasteiger partial charge is 0.481 e. The molecule has 0 amide bonds. The first kappa shape index (κ1) is 15.3. The molecule has 0 spiro atoms. The second kappa shape index (κ2) is 6.76. The van der Waals surface area contributed by atoms with Crippen LogP contribution in [-0.4, -0.2) is 21.3 Å². The van der Waals surface area contributed by atoms with Gasteiger partial charge in [0.05, 0.1) is 6.61 Å². The van der Waals surface area contributed by atoms with E-state index in [1.807, 2.05) is 6.92 Å². The van der Waals surface area contributed by atoms with Crippen LogP contribution in [0.2, 0.25) is 0 Å². The van der Waals surface area contributed by atoms with Crippen LogP contribution in [-0.2, 0) is 18.0 Å². The molecule has 15 heavy (non-hydrogen) atoms. The van der Waals surface area contributed by atoms with Gasteiger partial charge in [0.2, 0.25) is 0 Å². The first-order valence-corrected chi connectivity index (χ1v) is 7.53. The molecule has 1 atom stereocenters. The summed E-state index contributed by atoms with van der Waals surface area (Å²) in [7, 11) is -9.61. The molecule has 0 bridgehead atoms. The molecule has 0 aromatic heterocycles. The van der Waals surface area contributed by atoms with E-state index in [1.165, 1.54) is 0 Å². The van der Waals surface area contributed by atoms with Crippen LogP contribution in [0.3, 0.4) is 0 Å². The van der Waals surface area contributed by atoms with Gasteiger partial charge in [-0.2, -0.15) is 4.31 Å². The molecule has 0 aromatic rings. The highest BCUT2D eigenvalue weighted by molar-refractivity contribution is 7.60. The normalized spacial score (nSPS) is 16.3. The summed E-state index contributed by atoms with van der Waals surface area (Å²) in [5.74, 6) is 0. The Morgan fingerprint density at radius 2 is 1.67 bits per heavy atom. The average Bonchev–Trinajstić information content (AvgIpc) is 1.99. The maximum absolute atomic E-state index is 10.9. The van der Waals surface area contributed by atoms with Gasteiger partial charge in [0.15, 0.2) is 0 Å². The van der Waals surface area contributed by atoms with E-state index in [2.05, 4.69) is 8.83 Å². The predicted octanol–water partition coefficient (Wildman–Crippen LogP) is 1.79. The fourth-order valence-electron chi connectivity index (χ4n) is 0.867. The van der Waals surface area contributed by atoms with Crippen LogP contribution < -0.4 is 0 Å². The summed E-state index contributed by atoms with van der Waals surface area (Å²) >= 11 is 0. The van der Waals surface area contributed by atoms with Gasteiger partial charge < -0.3 is 14.7 Å². The van der Waals surface area contributed by atoms with Crippen molar-refractivity contribution < 1.29 is 32.6 Å². The fraction of sp³-hybridized carbons (Fsp3) is 1.00. The number of unbranched alkanes of at least 4 members (excludes halogenated alkanes) is 3. The molecule has 1 unspecified atom stereocenters. The highest BCUT2D eigenvalue weighted by atomic mass is 31.3. The van der Waals surface area contributed by atoms with E-state index >= 15 is 0 Å². The van der Waals surface area contributed by atoms with Gasteiger partial charge >= 0.3 is 15.6 Å². The summed E-state index contributed by atoms with van der Waals surface area (Å²) in [4.78, 5) is 25.4. The molecule has 0 fully saturated rings. The van der Waals surface area contributed by atoms with E-state index in [9.17, 15) is 9.13 Å². The lowest BCUT2D eigenvalue weighted by Gasteiger charge is -2.11. The van der Waals surface area contributed by atoms with Gasteiger partial charge in [-0.15, -0.1) is 0 Å². The van der Waals surface area contributed by atoms with Crippen molar-refractivity contribution in [2.45, 2.75) is 32.6 Å². The van der Waals surface area contributed by atoms with Crippen molar-refractivity contribution in [1.29, 1.82) is 0 Å². The Kier molecular flexibility index (Phi) is 6.88. The minimum absolute atomic E-state index is 0.0617. The quantitative estimate of drug-likeness (QED) is 0.451. The Balaban J connectivity index is 3.75. The van der Waals surface area contributed by atoms with Gasteiger partial charge in [0.25, 0.3) is 0 Å². The van der Waals surface area contributed by atoms with Crippen molar-refractivity contribution in [1.82, 2.24) is 0 Å². The number of hydrogen-bond donors (Lipinski definition) is 3. The SMILES string of the molecule is CCCCCCOP(=O)(O)OP(=O)(O)O. The van der Waals surface area contributed by atoms with Crippen molar-refractivity contribution in [3.63, 3.8) is 0 Å².